The van der Waals surface area contributed by atoms with Crippen molar-refractivity contribution in [2.75, 3.05) is 0 Å². The zero-order valence-electron chi connectivity index (χ0n) is 7.77. The molecule has 4 nitrogen and oxygen atoms in total. The molecule has 0 aliphatic carbocycles. The molecule has 6 heteroatoms. The number of H-pyrrole nitrogens is 1. The fourth-order valence-corrected chi connectivity index (χ4v) is 2.53. The van der Waals surface area contributed by atoms with E-state index in [2.05, 4.69) is 31.1 Å². The Labute approximate surface area is 99.8 Å². The number of nitrogens with one attached hydrogen (secondary N) is 1. The first kappa shape index (κ1) is 10.7. The van der Waals surface area contributed by atoms with Gasteiger partial charge in [-0.2, -0.15) is 5.10 Å². The molecule has 0 fully saturated rings. The number of rotatable bonds is 3. The lowest BCUT2D eigenvalue weighted by molar-refractivity contribution is 0.966. The van der Waals surface area contributed by atoms with Crippen molar-refractivity contribution in [2.45, 2.75) is 16.6 Å². The van der Waals surface area contributed by atoms with Crippen molar-refractivity contribution >= 4 is 27.7 Å². The van der Waals surface area contributed by atoms with Crippen molar-refractivity contribution in [2.24, 2.45) is 5.73 Å². The van der Waals surface area contributed by atoms with Crippen LogP contribution in [0.1, 0.15) is 5.56 Å². The van der Waals surface area contributed by atoms with Crippen molar-refractivity contribution in [1.82, 2.24) is 15.2 Å². The van der Waals surface area contributed by atoms with Crippen LogP contribution < -0.4 is 5.73 Å². The van der Waals surface area contributed by atoms with Gasteiger partial charge in [0.2, 0.25) is 0 Å². The van der Waals surface area contributed by atoms with Gasteiger partial charge in [-0.25, -0.2) is 4.98 Å². The molecule has 0 atom stereocenters. The van der Waals surface area contributed by atoms with E-state index in [1.807, 2.05) is 18.2 Å². The SMILES string of the molecule is NCc1ccc(Br)cc1Sc1ncn[nH]1. The second-order valence-corrected chi connectivity index (χ2v) is 4.80. The van der Waals surface area contributed by atoms with E-state index in [1.165, 1.54) is 18.1 Å². The molecule has 2 rings (SSSR count). The average molecular weight is 285 g/mol. The van der Waals surface area contributed by atoms with Crippen LogP contribution in [-0.4, -0.2) is 15.2 Å². The minimum atomic E-state index is 0.518. The molecule has 0 amide bonds. The van der Waals surface area contributed by atoms with Gasteiger partial charge in [-0.1, -0.05) is 22.0 Å². The highest BCUT2D eigenvalue weighted by Crippen LogP contribution is 2.29. The summed E-state index contributed by atoms with van der Waals surface area (Å²) in [6.07, 6.45) is 1.49. The molecular formula is C9H9BrN4S. The van der Waals surface area contributed by atoms with E-state index in [1.54, 1.807) is 0 Å². The summed E-state index contributed by atoms with van der Waals surface area (Å²) in [5.41, 5.74) is 6.75. The molecule has 1 aromatic carbocycles. The first-order valence-electron chi connectivity index (χ1n) is 4.31. The number of halogens is 1. The Bertz CT molecular complexity index is 443. The van der Waals surface area contributed by atoms with Crippen LogP contribution in [0, 0.1) is 0 Å². The van der Waals surface area contributed by atoms with Crippen LogP contribution in [0.3, 0.4) is 0 Å². The van der Waals surface area contributed by atoms with Crippen LogP contribution in [0.5, 0.6) is 0 Å². The van der Waals surface area contributed by atoms with Crippen molar-refractivity contribution in [3.05, 3.63) is 34.6 Å². The second-order valence-electron chi connectivity index (χ2n) is 2.85. The van der Waals surface area contributed by atoms with Crippen LogP contribution >= 0.6 is 27.7 Å². The summed E-state index contributed by atoms with van der Waals surface area (Å²) < 4.78 is 1.03. The zero-order chi connectivity index (χ0) is 10.7. The van der Waals surface area contributed by atoms with Crippen LogP contribution in [0.4, 0.5) is 0 Å². The topological polar surface area (TPSA) is 67.6 Å². The minimum Gasteiger partial charge on any atom is -0.326 e. The smallest absolute Gasteiger partial charge is 0.188 e. The maximum atomic E-state index is 5.65. The van der Waals surface area contributed by atoms with E-state index in [9.17, 15) is 0 Å². The molecule has 0 spiro atoms. The van der Waals surface area contributed by atoms with Crippen molar-refractivity contribution in [1.29, 1.82) is 0 Å². The fourth-order valence-electron chi connectivity index (χ4n) is 1.14. The predicted molar refractivity (Wildman–Crippen MR) is 62.5 cm³/mol. The molecular weight excluding hydrogens is 276 g/mol. The molecule has 0 radical (unpaired) electrons. The van der Waals surface area contributed by atoms with Crippen LogP contribution in [0.15, 0.2) is 39.1 Å². The third-order valence-corrected chi connectivity index (χ3v) is 3.33. The lowest BCUT2D eigenvalue weighted by Crippen LogP contribution is -1.98. The van der Waals surface area contributed by atoms with Gasteiger partial charge in [0.15, 0.2) is 5.16 Å². The zero-order valence-corrected chi connectivity index (χ0v) is 10.2. The number of aromatic amines is 1. The number of benzene rings is 1. The van der Waals surface area contributed by atoms with E-state index in [4.69, 9.17) is 5.73 Å². The average Bonchev–Trinajstić information content (AvgIpc) is 2.71. The summed E-state index contributed by atoms with van der Waals surface area (Å²) in [6.45, 7) is 0.518. The quantitative estimate of drug-likeness (QED) is 0.907. The van der Waals surface area contributed by atoms with Crippen molar-refractivity contribution < 1.29 is 0 Å². The molecule has 78 valence electrons. The van der Waals surface area contributed by atoms with E-state index >= 15 is 0 Å². The Morgan fingerprint density at radius 2 is 2.33 bits per heavy atom. The molecule has 0 saturated carbocycles. The van der Waals surface area contributed by atoms with Gasteiger partial charge in [0.1, 0.15) is 6.33 Å². The van der Waals surface area contributed by atoms with Crippen LogP contribution in [0.2, 0.25) is 0 Å². The first-order valence-corrected chi connectivity index (χ1v) is 5.92. The largest absolute Gasteiger partial charge is 0.326 e. The lowest BCUT2D eigenvalue weighted by atomic mass is 10.2. The molecule has 2 aromatic rings. The van der Waals surface area contributed by atoms with Gasteiger partial charge in [-0.05, 0) is 29.5 Å². The highest BCUT2D eigenvalue weighted by atomic mass is 79.9. The summed E-state index contributed by atoms with van der Waals surface area (Å²) in [5.74, 6) is 0. The summed E-state index contributed by atoms with van der Waals surface area (Å²) >= 11 is 4.95. The summed E-state index contributed by atoms with van der Waals surface area (Å²) in [4.78, 5) is 5.14. The number of nitrogens with zero attached hydrogens (tertiary/aromatic N) is 2. The predicted octanol–water partition coefficient (Wildman–Crippen LogP) is 2.18. The summed E-state index contributed by atoms with van der Waals surface area (Å²) in [7, 11) is 0. The number of aromatic nitrogens is 3. The second kappa shape index (κ2) is 4.78. The normalized spacial score (nSPS) is 10.5. The summed E-state index contributed by atoms with van der Waals surface area (Å²) in [5, 5.41) is 7.36. The maximum absolute atomic E-state index is 5.65. The minimum absolute atomic E-state index is 0.518. The van der Waals surface area contributed by atoms with E-state index in [0.29, 0.717) is 6.54 Å². The molecule has 1 heterocycles. The van der Waals surface area contributed by atoms with Gasteiger partial charge >= 0.3 is 0 Å². The molecule has 0 bridgehead atoms. The molecule has 1 aromatic heterocycles. The van der Waals surface area contributed by atoms with Gasteiger partial charge in [-0.3, -0.25) is 5.10 Å². The Balaban J connectivity index is 2.30. The number of hydrogen-bond acceptors (Lipinski definition) is 4. The first-order chi connectivity index (χ1) is 7.29. The fraction of sp³-hybridized carbons (Fsp3) is 0.111. The lowest BCUT2D eigenvalue weighted by Gasteiger charge is -2.05. The highest BCUT2D eigenvalue weighted by Gasteiger charge is 2.05. The Kier molecular flexibility index (Phi) is 3.40. The van der Waals surface area contributed by atoms with Gasteiger partial charge < -0.3 is 5.73 Å². The van der Waals surface area contributed by atoms with Crippen molar-refractivity contribution in [3.63, 3.8) is 0 Å². The number of nitrogens with two attached hydrogens (primary N) is 1. The van der Waals surface area contributed by atoms with Crippen LogP contribution in [0.25, 0.3) is 0 Å². The highest BCUT2D eigenvalue weighted by molar-refractivity contribution is 9.10. The van der Waals surface area contributed by atoms with E-state index in [-0.39, 0.29) is 0 Å². The monoisotopic (exact) mass is 284 g/mol. The van der Waals surface area contributed by atoms with E-state index in [0.717, 1.165) is 20.1 Å². The standard InChI is InChI=1S/C9H9BrN4S/c10-7-2-1-6(4-11)8(3-7)15-9-12-5-13-14-9/h1-3,5H,4,11H2,(H,12,13,14). The molecule has 0 unspecified atom stereocenters. The van der Waals surface area contributed by atoms with E-state index < -0.39 is 0 Å². The molecule has 3 N–H and O–H groups in total. The maximum Gasteiger partial charge on any atom is 0.188 e. The van der Waals surface area contributed by atoms with Crippen molar-refractivity contribution in [3.8, 4) is 0 Å². The number of hydrogen-bond donors (Lipinski definition) is 2. The Hall–Kier alpha value is -0.850. The third-order valence-electron chi connectivity index (χ3n) is 1.85. The van der Waals surface area contributed by atoms with Gasteiger partial charge in [0.05, 0.1) is 0 Å². The third kappa shape index (κ3) is 2.58. The molecule has 15 heavy (non-hydrogen) atoms. The van der Waals surface area contributed by atoms with Gasteiger partial charge in [-0.15, -0.1) is 0 Å². The Morgan fingerprint density at radius 1 is 1.47 bits per heavy atom. The molecule has 0 saturated heterocycles. The summed E-state index contributed by atoms with van der Waals surface area (Å²) in [6, 6.07) is 6.00. The molecule has 0 aliphatic heterocycles. The van der Waals surface area contributed by atoms with Gasteiger partial charge in [0.25, 0.3) is 0 Å². The molecule has 0 aliphatic rings. The van der Waals surface area contributed by atoms with Crippen LogP contribution in [-0.2, 0) is 6.54 Å². The van der Waals surface area contributed by atoms with Gasteiger partial charge in [0, 0.05) is 15.9 Å². The Morgan fingerprint density at radius 3 is 3.00 bits per heavy atom.